The van der Waals surface area contributed by atoms with Gasteiger partial charge in [-0.15, -0.1) is 0 Å². The van der Waals surface area contributed by atoms with Gasteiger partial charge < -0.3 is 13.9 Å². The molecule has 0 radical (unpaired) electrons. The second-order valence-corrected chi connectivity index (χ2v) is 6.55. The molecule has 0 aliphatic rings. The van der Waals surface area contributed by atoms with Crippen LogP contribution in [0.5, 0.6) is 5.75 Å². The molecule has 1 aromatic heterocycles. The van der Waals surface area contributed by atoms with E-state index in [1.54, 1.807) is 13.0 Å². The molecule has 31 heavy (non-hydrogen) atoms. The van der Waals surface area contributed by atoms with Crippen LogP contribution in [0.2, 0.25) is 0 Å². The first-order valence-electron chi connectivity index (χ1n) is 9.75. The Morgan fingerprint density at radius 2 is 2.00 bits per heavy atom. The highest BCUT2D eigenvalue weighted by atomic mass is 16.6. The van der Waals surface area contributed by atoms with Crippen molar-refractivity contribution in [2.75, 3.05) is 13.2 Å². The molecule has 160 valence electrons. The zero-order chi connectivity index (χ0) is 22.2. The summed E-state index contributed by atoms with van der Waals surface area (Å²) in [6.45, 7) is 4.03. The number of rotatable bonds is 9. The van der Waals surface area contributed by atoms with E-state index in [0.29, 0.717) is 23.8 Å². The summed E-state index contributed by atoms with van der Waals surface area (Å²) >= 11 is 0. The van der Waals surface area contributed by atoms with Crippen molar-refractivity contribution in [2.45, 2.75) is 20.3 Å². The number of hydrogen-bond acceptors (Lipinski definition) is 7. The predicted molar refractivity (Wildman–Crippen MR) is 115 cm³/mol. The lowest BCUT2D eigenvalue weighted by Gasteiger charge is -2.06. The molecule has 8 heteroatoms. The summed E-state index contributed by atoms with van der Waals surface area (Å²) in [4.78, 5) is 26.8. The number of aryl methyl sites for hydroxylation is 1. The Morgan fingerprint density at radius 1 is 1.23 bits per heavy atom. The minimum atomic E-state index is -0.560. The van der Waals surface area contributed by atoms with E-state index in [9.17, 15) is 14.9 Å². The standard InChI is InChI=1S/C23H22N2O6/c1-3-29-22(26)12-10-17-9-11-19(15-21(17)25(27)28)30-14-13-20-16(2)31-23(24-20)18-7-5-4-6-8-18/h4-12,15H,3,13-14H2,1-2H3. The van der Waals surface area contributed by atoms with Crippen molar-refractivity contribution in [1.29, 1.82) is 0 Å². The van der Waals surface area contributed by atoms with E-state index in [2.05, 4.69) is 4.98 Å². The number of nitro groups is 1. The molecular weight excluding hydrogens is 400 g/mol. The predicted octanol–water partition coefficient (Wildman–Crippen LogP) is 4.76. The number of carbonyl (C=O) groups excluding carboxylic acids is 1. The van der Waals surface area contributed by atoms with Crippen molar-refractivity contribution in [2.24, 2.45) is 0 Å². The fourth-order valence-electron chi connectivity index (χ4n) is 2.89. The highest BCUT2D eigenvalue weighted by molar-refractivity contribution is 5.88. The van der Waals surface area contributed by atoms with Crippen molar-refractivity contribution >= 4 is 17.7 Å². The number of oxazole rings is 1. The molecule has 0 spiro atoms. The number of benzene rings is 2. The van der Waals surface area contributed by atoms with Gasteiger partial charge in [0.25, 0.3) is 5.69 Å². The third-order valence-corrected chi connectivity index (χ3v) is 4.41. The first-order valence-corrected chi connectivity index (χ1v) is 9.75. The maximum atomic E-state index is 11.4. The van der Waals surface area contributed by atoms with Gasteiger partial charge in [-0.2, -0.15) is 0 Å². The molecular formula is C23H22N2O6. The van der Waals surface area contributed by atoms with Crippen LogP contribution in [0.15, 0.2) is 59.0 Å². The normalized spacial score (nSPS) is 10.9. The SMILES string of the molecule is CCOC(=O)C=Cc1ccc(OCCc2nc(-c3ccccc3)oc2C)cc1[N+](=O)[O-]. The van der Waals surface area contributed by atoms with Crippen LogP contribution in [-0.4, -0.2) is 29.1 Å². The lowest BCUT2D eigenvalue weighted by molar-refractivity contribution is -0.385. The smallest absolute Gasteiger partial charge is 0.330 e. The van der Waals surface area contributed by atoms with E-state index in [1.807, 2.05) is 37.3 Å². The van der Waals surface area contributed by atoms with Crippen LogP contribution in [0.25, 0.3) is 17.5 Å². The van der Waals surface area contributed by atoms with E-state index >= 15 is 0 Å². The van der Waals surface area contributed by atoms with Gasteiger partial charge in [0.2, 0.25) is 5.89 Å². The molecule has 1 heterocycles. The van der Waals surface area contributed by atoms with Crippen molar-refractivity contribution in [3.8, 4) is 17.2 Å². The summed E-state index contributed by atoms with van der Waals surface area (Å²) < 4.78 is 16.2. The van der Waals surface area contributed by atoms with Gasteiger partial charge in [-0.3, -0.25) is 10.1 Å². The van der Waals surface area contributed by atoms with Crippen molar-refractivity contribution < 1.29 is 23.6 Å². The fourth-order valence-corrected chi connectivity index (χ4v) is 2.89. The summed E-state index contributed by atoms with van der Waals surface area (Å²) in [5.41, 5.74) is 1.77. The van der Waals surface area contributed by atoms with Gasteiger partial charge in [-0.05, 0) is 44.2 Å². The van der Waals surface area contributed by atoms with Crippen LogP contribution in [0.1, 0.15) is 23.9 Å². The summed E-state index contributed by atoms with van der Waals surface area (Å²) in [5, 5.41) is 11.4. The molecule has 0 aliphatic carbocycles. The molecule has 0 bridgehead atoms. The average Bonchev–Trinajstić information content (AvgIpc) is 3.14. The first kappa shape index (κ1) is 21.8. The van der Waals surface area contributed by atoms with Gasteiger partial charge in [0.05, 0.1) is 35.5 Å². The number of ether oxygens (including phenoxy) is 2. The molecule has 3 rings (SSSR count). The van der Waals surface area contributed by atoms with Gasteiger partial charge in [0.15, 0.2) is 0 Å². The highest BCUT2D eigenvalue weighted by Crippen LogP contribution is 2.26. The highest BCUT2D eigenvalue weighted by Gasteiger charge is 2.15. The van der Waals surface area contributed by atoms with Gasteiger partial charge >= 0.3 is 5.97 Å². The van der Waals surface area contributed by atoms with Gasteiger partial charge in [0, 0.05) is 18.1 Å². The maximum absolute atomic E-state index is 11.4. The summed E-state index contributed by atoms with van der Waals surface area (Å²) in [7, 11) is 0. The van der Waals surface area contributed by atoms with Crippen LogP contribution in [0.3, 0.4) is 0 Å². The Balaban J connectivity index is 1.66. The number of aromatic nitrogens is 1. The first-order chi connectivity index (χ1) is 15.0. The fraction of sp³-hybridized carbons (Fsp3) is 0.217. The minimum Gasteiger partial charge on any atom is -0.493 e. The quantitative estimate of drug-likeness (QED) is 0.212. The summed E-state index contributed by atoms with van der Waals surface area (Å²) in [5.74, 6) is 1.04. The summed E-state index contributed by atoms with van der Waals surface area (Å²) in [6.07, 6.45) is 2.99. The molecule has 3 aromatic rings. The van der Waals surface area contributed by atoms with Crippen LogP contribution in [-0.2, 0) is 16.0 Å². The van der Waals surface area contributed by atoms with Crippen LogP contribution in [0, 0.1) is 17.0 Å². The Labute approximate surface area is 179 Å². The molecule has 0 fully saturated rings. The van der Waals surface area contributed by atoms with E-state index in [-0.39, 0.29) is 24.5 Å². The van der Waals surface area contributed by atoms with Gasteiger partial charge in [-0.25, -0.2) is 9.78 Å². The van der Waals surface area contributed by atoms with E-state index in [0.717, 1.165) is 17.3 Å². The number of carbonyl (C=O) groups is 1. The summed E-state index contributed by atoms with van der Waals surface area (Å²) in [6, 6.07) is 14.1. The number of esters is 1. The minimum absolute atomic E-state index is 0.165. The number of hydrogen-bond donors (Lipinski definition) is 0. The maximum Gasteiger partial charge on any atom is 0.330 e. The topological polar surface area (TPSA) is 105 Å². The molecule has 0 N–H and O–H groups in total. The molecule has 0 amide bonds. The van der Waals surface area contributed by atoms with E-state index in [1.165, 1.54) is 18.2 Å². The number of nitrogens with zero attached hydrogens (tertiary/aromatic N) is 2. The molecule has 0 atom stereocenters. The lowest BCUT2D eigenvalue weighted by atomic mass is 10.1. The van der Waals surface area contributed by atoms with Gasteiger partial charge in [0.1, 0.15) is 11.5 Å². The Kier molecular flexibility index (Phi) is 7.16. The van der Waals surface area contributed by atoms with Crippen molar-refractivity contribution in [3.05, 3.63) is 81.7 Å². The van der Waals surface area contributed by atoms with E-state index < -0.39 is 10.9 Å². The second-order valence-electron chi connectivity index (χ2n) is 6.55. The van der Waals surface area contributed by atoms with Crippen molar-refractivity contribution in [3.63, 3.8) is 0 Å². The Hall–Kier alpha value is -3.94. The Bertz CT molecular complexity index is 1090. The van der Waals surface area contributed by atoms with Crippen LogP contribution in [0.4, 0.5) is 5.69 Å². The molecule has 0 saturated heterocycles. The van der Waals surface area contributed by atoms with Crippen LogP contribution >= 0.6 is 0 Å². The Morgan fingerprint density at radius 3 is 2.71 bits per heavy atom. The zero-order valence-corrected chi connectivity index (χ0v) is 17.2. The zero-order valence-electron chi connectivity index (χ0n) is 17.2. The third kappa shape index (κ3) is 5.79. The monoisotopic (exact) mass is 422 g/mol. The molecule has 8 nitrogen and oxygen atoms in total. The van der Waals surface area contributed by atoms with E-state index in [4.69, 9.17) is 13.9 Å². The molecule has 0 unspecified atom stereocenters. The average molecular weight is 422 g/mol. The van der Waals surface area contributed by atoms with Crippen molar-refractivity contribution in [1.82, 2.24) is 4.98 Å². The molecule has 0 saturated carbocycles. The molecule has 2 aromatic carbocycles. The molecule has 0 aliphatic heterocycles. The largest absolute Gasteiger partial charge is 0.493 e. The van der Waals surface area contributed by atoms with Crippen LogP contribution < -0.4 is 4.74 Å². The van der Waals surface area contributed by atoms with Gasteiger partial charge in [-0.1, -0.05) is 18.2 Å². The lowest BCUT2D eigenvalue weighted by Crippen LogP contribution is -2.03. The number of nitro benzene ring substituents is 1. The second kappa shape index (κ2) is 10.2. The third-order valence-electron chi connectivity index (χ3n) is 4.41.